The van der Waals surface area contributed by atoms with Gasteiger partial charge in [0.05, 0.1) is 16.3 Å². The van der Waals surface area contributed by atoms with E-state index in [1.807, 2.05) is 41.2 Å². The van der Waals surface area contributed by atoms with E-state index in [0.717, 1.165) is 27.7 Å². The molecular weight excluding hydrogens is 593 g/mol. The van der Waals surface area contributed by atoms with Gasteiger partial charge < -0.3 is 25.0 Å². The Labute approximate surface area is 254 Å². The van der Waals surface area contributed by atoms with Gasteiger partial charge in [-0.25, -0.2) is 22.8 Å². The smallest absolute Gasteiger partial charge is 0.148 e. The van der Waals surface area contributed by atoms with Crippen molar-refractivity contribution in [3.8, 4) is 11.4 Å². The van der Waals surface area contributed by atoms with Crippen LogP contribution in [0.2, 0.25) is 5.02 Å². The van der Waals surface area contributed by atoms with Crippen LogP contribution in [0.1, 0.15) is 16.7 Å². The molecule has 0 radical (unpaired) electrons. The summed E-state index contributed by atoms with van der Waals surface area (Å²) in [5.41, 5.74) is 4.94. The van der Waals surface area contributed by atoms with Gasteiger partial charge in [-0.3, -0.25) is 0 Å². The van der Waals surface area contributed by atoms with Gasteiger partial charge in [0.2, 0.25) is 0 Å². The SMILES string of the molecule is CS(=O)(=O)CCNCc1cn(-c2ccc3ncnc(Nc4ccc(OCc5cccc(F)c5)c(Cl)c4)c3c2)cc1CCO. The monoisotopic (exact) mass is 623 g/mol. The van der Waals surface area contributed by atoms with Gasteiger partial charge in [-0.15, -0.1) is 0 Å². The van der Waals surface area contributed by atoms with E-state index < -0.39 is 9.84 Å². The second-order valence-corrected chi connectivity index (χ2v) is 12.8. The maximum absolute atomic E-state index is 13.5. The minimum atomic E-state index is -3.05. The molecule has 43 heavy (non-hydrogen) atoms. The van der Waals surface area contributed by atoms with Crippen molar-refractivity contribution in [1.29, 1.82) is 0 Å². The number of nitrogens with one attached hydrogen (secondary N) is 2. The highest BCUT2D eigenvalue weighted by molar-refractivity contribution is 7.90. The molecule has 0 spiro atoms. The van der Waals surface area contributed by atoms with E-state index in [4.69, 9.17) is 16.3 Å². The molecule has 0 bridgehead atoms. The molecule has 2 heterocycles. The number of sulfone groups is 1. The normalized spacial score (nSPS) is 11.6. The van der Waals surface area contributed by atoms with Crippen LogP contribution < -0.4 is 15.4 Å². The molecule has 12 heteroatoms. The number of rotatable bonds is 13. The second-order valence-electron chi connectivity index (χ2n) is 10.1. The number of hydrogen-bond acceptors (Lipinski definition) is 8. The van der Waals surface area contributed by atoms with Crippen molar-refractivity contribution in [2.75, 3.05) is 30.5 Å². The topological polar surface area (TPSA) is 118 Å². The largest absolute Gasteiger partial charge is 0.487 e. The van der Waals surface area contributed by atoms with Crippen LogP contribution in [0, 0.1) is 5.82 Å². The summed E-state index contributed by atoms with van der Waals surface area (Å²) in [5, 5.41) is 17.3. The van der Waals surface area contributed by atoms with Crippen molar-refractivity contribution in [1.82, 2.24) is 19.9 Å². The number of fused-ring (bicyclic) bond motifs is 1. The van der Waals surface area contributed by atoms with E-state index in [2.05, 4.69) is 20.6 Å². The molecule has 3 aromatic carbocycles. The zero-order valence-corrected chi connectivity index (χ0v) is 25.0. The van der Waals surface area contributed by atoms with E-state index in [1.54, 1.807) is 24.3 Å². The molecule has 0 atom stereocenters. The molecule has 9 nitrogen and oxygen atoms in total. The Morgan fingerprint density at radius 2 is 1.88 bits per heavy atom. The summed E-state index contributed by atoms with van der Waals surface area (Å²) in [6.07, 6.45) is 7.10. The van der Waals surface area contributed by atoms with E-state index in [0.29, 0.717) is 47.4 Å². The predicted molar refractivity (Wildman–Crippen MR) is 167 cm³/mol. The van der Waals surface area contributed by atoms with Gasteiger partial charge in [-0.1, -0.05) is 23.7 Å². The number of anilines is 2. The van der Waals surface area contributed by atoms with E-state index in [1.165, 1.54) is 24.7 Å². The van der Waals surface area contributed by atoms with E-state index in [9.17, 15) is 17.9 Å². The molecule has 5 rings (SSSR count). The van der Waals surface area contributed by atoms with Crippen LogP contribution in [0.25, 0.3) is 16.6 Å². The molecule has 0 aliphatic heterocycles. The van der Waals surface area contributed by atoms with Crippen LogP contribution in [0.15, 0.2) is 79.4 Å². The van der Waals surface area contributed by atoms with Crippen LogP contribution in [0.4, 0.5) is 15.9 Å². The number of nitrogens with zero attached hydrogens (tertiary/aromatic N) is 3. The van der Waals surface area contributed by atoms with Crippen LogP contribution in [0.5, 0.6) is 5.75 Å². The summed E-state index contributed by atoms with van der Waals surface area (Å²) in [6, 6.07) is 17.3. The minimum absolute atomic E-state index is 0.00280. The van der Waals surface area contributed by atoms with Gasteiger partial charge >= 0.3 is 0 Å². The average molecular weight is 624 g/mol. The van der Waals surface area contributed by atoms with Crippen molar-refractivity contribution >= 4 is 43.8 Å². The highest BCUT2D eigenvalue weighted by Crippen LogP contribution is 2.32. The fourth-order valence-corrected chi connectivity index (χ4v) is 5.35. The highest BCUT2D eigenvalue weighted by Gasteiger charge is 2.12. The van der Waals surface area contributed by atoms with Crippen LogP contribution >= 0.6 is 11.6 Å². The number of ether oxygens (including phenoxy) is 1. The lowest BCUT2D eigenvalue weighted by molar-refractivity contribution is 0.299. The molecule has 0 fully saturated rings. The average Bonchev–Trinajstić information content (AvgIpc) is 3.37. The van der Waals surface area contributed by atoms with Gasteiger partial charge in [0, 0.05) is 55.1 Å². The summed E-state index contributed by atoms with van der Waals surface area (Å²) < 4.78 is 44.1. The fraction of sp³-hybridized carbons (Fsp3) is 0.226. The first-order valence-electron chi connectivity index (χ1n) is 13.6. The quantitative estimate of drug-likeness (QED) is 0.153. The number of aliphatic hydroxyl groups excluding tert-OH is 1. The molecule has 0 amide bonds. The van der Waals surface area contributed by atoms with Gasteiger partial charge in [-0.2, -0.15) is 0 Å². The number of benzene rings is 3. The third-order valence-electron chi connectivity index (χ3n) is 6.74. The summed E-state index contributed by atoms with van der Waals surface area (Å²) in [4.78, 5) is 8.87. The molecular formula is C31H31ClFN5O4S. The second kappa shape index (κ2) is 13.5. The number of aliphatic hydroxyl groups is 1. The lowest BCUT2D eigenvalue weighted by atomic mass is 10.1. The van der Waals surface area contributed by atoms with Crippen molar-refractivity contribution in [2.24, 2.45) is 0 Å². The lowest BCUT2D eigenvalue weighted by Crippen LogP contribution is -2.22. The number of aromatic nitrogens is 3. The molecule has 224 valence electrons. The van der Waals surface area contributed by atoms with Gasteiger partial charge in [0.1, 0.15) is 40.2 Å². The maximum atomic E-state index is 13.5. The Hall–Kier alpha value is -4.03. The van der Waals surface area contributed by atoms with Gasteiger partial charge in [0.15, 0.2) is 0 Å². The van der Waals surface area contributed by atoms with Crippen LogP contribution in [-0.2, 0) is 29.4 Å². The highest BCUT2D eigenvalue weighted by atomic mass is 35.5. The summed E-state index contributed by atoms with van der Waals surface area (Å²) in [6.45, 7) is 0.998. The summed E-state index contributed by atoms with van der Waals surface area (Å²) in [7, 11) is -3.05. The molecule has 5 aromatic rings. The molecule has 2 aromatic heterocycles. The van der Waals surface area contributed by atoms with Gasteiger partial charge in [-0.05, 0) is 71.6 Å². The molecule has 0 aliphatic rings. The molecule has 0 aliphatic carbocycles. The van der Waals surface area contributed by atoms with E-state index >= 15 is 0 Å². The van der Waals surface area contributed by atoms with Crippen LogP contribution in [-0.4, -0.2) is 53.2 Å². The van der Waals surface area contributed by atoms with Crippen LogP contribution in [0.3, 0.4) is 0 Å². The first-order valence-corrected chi connectivity index (χ1v) is 16.0. The van der Waals surface area contributed by atoms with Gasteiger partial charge in [0.25, 0.3) is 0 Å². The number of halogens is 2. The molecule has 0 saturated heterocycles. The third-order valence-corrected chi connectivity index (χ3v) is 7.98. The Kier molecular flexibility index (Phi) is 9.56. The Bertz CT molecular complexity index is 1850. The van der Waals surface area contributed by atoms with Crippen molar-refractivity contribution < 1.29 is 22.7 Å². The van der Waals surface area contributed by atoms with Crippen molar-refractivity contribution in [2.45, 2.75) is 19.6 Å². The Balaban J connectivity index is 1.34. The summed E-state index contributed by atoms with van der Waals surface area (Å²) >= 11 is 6.50. The standard InChI is InChI=1S/C31H31ClFN5O4S/c1-43(40,41)12-10-34-16-23-18-38(17-22(23)9-11-39)26-6-7-29-27(15-26)31(36-20-35-29)37-25-5-8-30(28(32)14-25)42-19-21-3-2-4-24(33)13-21/h2-8,13-15,17-18,20,34,39H,9-12,16,19H2,1H3,(H,35,36,37). The molecule has 0 saturated carbocycles. The third kappa shape index (κ3) is 8.08. The first kappa shape index (κ1) is 30.4. The summed E-state index contributed by atoms with van der Waals surface area (Å²) in [5.74, 6) is 0.786. The minimum Gasteiger partial charge on any atom is -0.487 e. The van der Waals surface area contributed by atoms with Crippen molar-refractivity contribution in [3.63, 3.8) is 0 Å². The number of hydrogen-bond donors (Lipinski definition) is 3. The fourth-order valence-electron chi connectivity index (χ4n) is 4.60. The predicted octanol–water partition coefficient (Wildman–Crippen LogP) is 5.20. The Morgan fingerprint density at radius 1 is 1.05 bits per heavy atom. The Morgan fingerprint density at radius 3 is 2.65 bits per heavy atom. The maximum Gasteiger partial charge on any atom is 0.148 e. The van der Waals surface area contributed by atoms with E-state index in [-0.39, 0.29) is 24.8 Å². The van der Waals surface area contributed by atoms with Crippen molar-refractivity contribution in [3.05, 3.63) is 107 Å². The zero-order chi connectivity index (χ0) is 30.4. The molecule has 3 N–H and O–H groups in total. The first-order chi connectivity index (χ1) is 20.7. The molecule has 0 unspecified atom stereocenters. The lowest BCUT2D eigenvalue weighted by Gasteiger charge is -2.13. The zero-order valence-electron chi connectivity index (χ0n) is 23.4.